The van der Waals surface area contributed by atoms with Crippen molar-refractivity contribution in [1.82, 2.24) is 5.32 Å². The van der Waals surface area contributed by atoms with Gasteiger partial charge in [0.05, 0.1) is 6.42 Å². The van der Waals surface area contributed by atoms with Crippen LogP contribution in [0.15, 0.2) is 11.4 Å². The molecule has 0 saturated carbocycles. The maximum atomic E-state index is 10.5. The third kappa shape index (κ3) is 1.43. The van der Waals surface area contributed by atoms with Crippen molar-refractivity contribution in [3.8, 4) is 5.06 Å². The summed E-state index contributed by atoms with van der Waals surface area (Å²) in [6.07, 6.45) is 0.382. The lowest BCUT2D eigenvalue weighted by Crippen LogP contribution is -2.51. The van der Waals surface area contributed by atoms with Crippen LogP contribution in [0.5, 0.6) is 5.06 Å². The topological polar surface area (TPSA) is 38.3 Å². The van der Waals surface area contributed by atoms with Crippen LogP contribution in [-0.2, 0) is 4.79 Å². The third-order valence-electron chi connectivity index (χ3n) is 1.66. The van der Waals surface area contributed by atoms with E-state index in [1.807, 2.05) is 18.4 Å². The number of β-lactam (4-membered cyclic amide) rings is 1. The van der Waals surface area contributed by atoms with Crippen molar-refractivity contribution in [1.29, 1.82) is 0 Å². The maximum absolute atomic E-state index is 10.5. The van der Waals surface area contributed by atoms with Crippen LogP contribution >= 0.6 is 11.3 Å². The summed E-state index contributed by atoms with van der Waals surface area (Å²) in [5, 5.41) is 5.54. The molecule has 1 aromatic rings. The quantitative estimate of drug-likeness (QED) is 0.701. The van der Waals surface area contributed by atoms with Crippen LogP contribution in [0.4, 0.5) is 0 Å². The monoisotopic (exact) mass is 183 g/mol. The summed E-state index contributed by atoms with van der Waals surface area (Å²) in [7, 11) is 0. The van der Waals surface area contributed by atoms with Crippen LogP contribution in [0.25, 0.3) is 0 Å². The van der Waals surface area contributed by atoms with E-state index < -0.39 is 0 Å². The Labute approximate surface area is 74.4 Å². The highest BCUT2D eigenvalue weighted by Gasteiger charge is 2.27. The molecule has 1 amide bonds. The van der Waals surface area contributed by atoms with E-state index in [1.54, 1.807) is 11.3 Å². The van der Waals surface area contributed by atoms with Gasteiger partial charge in [0.2, 0.25) is 5.91 Å². The zero-order valence-electron chi connectivity index (χ0n) is 6.66. The fourth-order valence-electron chi connectivity index (χ4n) is 1.00. The second-order valence-electron chi connectivity index (χ2n) is 2.82. The molecule has 3 nitrogen and oxygen atoms in total. The lowest BCUT2D eigenvalue weighted by atomic mass is 10.2. The molecule has 64 valence electrons. The SMILES string of the molecule is Cc1csc(OC2CC(=O)N2)c1. The number of rotatable bonds is 2. The molecule has 2 heterocycles. The highest BCUT2D eigenvalue weighted by Crippen LogP contribution is 2.24. The van der Waals surface area contributed by atoms with Gasteiger partial charge in [-0.2, -0.15) is 0 Å². The molecule has 4 heteroatoms. The summed E-state index contributed by atoms with van der Waals surface area (Å²) in [6, 6.07) is 1.97. The highest BCUT2D eigenvalue weighted by molar-refractivity contribution is 7.12. The molecule has 12 heavy (non-hydrogen) atoms. The van der Waals surface area contributed by atoms with Crippen LogP contribution in [0.1, 0.15) is 12.0 Å². The number of hydrogen-bond acceptors (Lipinski definition) is 3. The van der Waals surface area contributed by atoms with Gasteiger partial charge in [0.25, 0.3) is 0 Å². The number of nitrogens with one attached hydrogen (secondary N) is 1. The zero-order chi connectivity index (χ0) is 8.55. The van der Waals surface area contributed by atoms with E-state index in [2.05, 4.69) is 5.32 Å². The largest absolute Gasteiger partial charge is 0.461 e. The van der Waals surface area contributed by atoms with Crippen LogP contribution in [0, 0.1) is 6.92 Å². The number of aryl methyl sites for hydroxylation is 1. The molecule has 1 aliphatic heterocycles. The average molecular weight is 183 g/mol. The highest BCUT2D eigenvalue weighted by atomic mass is 32.1. The van der Waals surface area contributed by atoms with E-state index in [0.717, 1.165) is 5.06 Å². The fraction of sp³-hybridized carbons (Fsp3) is 0.375. The minimum Gasteiger partial charge on any atom is -0.461 e. The van der Waals surface area contributed by atoms with Crippen molar-refractivity contribution in [3.05, 3.63) is 17.0 Å². The summed E-state index contributed by atoms with van der Waals surface area (Å²) in [5.41, 5.74) is 1.20. The van der Waals surface area contributed by atoms with Crippen molar-refractivity contribution < 1.29 is 9.53 Å². The van der Waals surface area contributed by atoms with Crippen molar-refractivity contribution in [3.63, 3.8) is 0 Å². The molecule has 0 spiro atoms. The van der Waals surface area contributed by atoms with E-state index in [-0.39, 0.29) is 12.1 Å². The number of hydrogen-bond donors (Lipinski definition) is 1. The van der Waals surface area contributed by atoms with Gasteiger partial charge in [-0.25, -0.2) is 0 Å². The van der Waals surface area contributed by atoms with E-state index >= 15 is 0 Å². The number of amides is 1. The van der Waals surface area contributed by atoms with Gasteiger partial charge in [-0.3, -0.25) is 4.79 Å². The lowest BCUT2D eigenvalue weighted by Gasteiger charge is -2.26. The van der Waals surface area contributed by atoms with Crippen molar-refractivity contribution in [2.75, 3.05) is 0 Å². The summed E-state index contributed by atoms with van der Waals surface area (Å²) >= 11 is 1.55. The zero-order valence-corrected chi connectivity index (χ0v) is 7.48. The molecule has 1 atom stereocenters. The molecule has 1 aromatic heterocycles. The Hall–Kier alpha value is -1.03. The van der Waals surface area contributed by atoms with Crippen LogP contribution in [-0.4, -0.2) is 12.1 Å². The predicted octanol–water partition coefficient (Wildman–Crippen LogP) is 1.28. The smallest absolute Gasteiger partial charge is 0.228 e. The van der Waals surface area contributed by atoms with Gasteiger partial charge >= 0.3 is 0 Å². The van der Waals surface area contributed by atoms with Crippen molar-refractivity contribution in [2.45, 2.75) is 19.6 Å². The van der Waals surface area contributed by atoms with Gasteiger partial charge in [-0.15, -0.1) is 11.3 Å². The first-order valence-corrected chi connectivity index (χ1v) is 4.63. The molecule has 2 rings (SSSR count). The molecule has 0 aliphatic carbocycles. The van der Waals surface area contributed by atoms with Crippen LogP contribution < -0.4 is 10.1 Å². The fourth-order valence-corrected chi connectivity index (χ4v) is 1.80. The second kappa shape index (κ2) is 2.79. The predicted molar refractivity (Wildman–Crippen MR) is 46.2 cm³/mol. The van der Waals surface area contributed by atoms with E-state index in [9.17, 15) is 4.79 Å². The minimum absolute atomic E-state index is 0.0632. The summed E-state index contributed by atoms with van der Waals surface area (Å²) < 4.78 is 5.43. The summed E-state index contributed by atoms with van der Waals surface area (Å²) in [5.74, 6) is 0.0632. The Morgan fingerprint density at radius 2 is 2.50 bits per heavy atom. The second-order valence-corrected chi connectivity index (χ2v) is 3.69. The summed E-state index contributed by atoms with van der Waals surface area (Å²) in [6.45, 7) is 2.02. The molecule has 1 saturated heterocycles. The van der Waals surface area contributed by atoms with Gasteiger partial charge in [-0.05, 0) is 23.9 Å². The van der Waals surface area contributed by atoms with Crippen LogP contribution in [0.3, 0.4) is 0 Å². The van der Waals surface area contributed by atoms with E-state index in [0.29, 0.717) is 6.42 Å². The molecule has 0 radical (unpaired) electrons. The van der Waals surface area contributed by atoms with E-state index in [1.165, 1.54) is 5.56 Å². The number of thiophene rings is 1. The Kier molecular flexibility index (Phi) is 1.77. The molecule has 0 aromatic carbocycles. The van der Waals surface area contributed by atoms with Crippen molar-refractivity contribution in [2.24, 2.45) is 0 Å². The van der Waals surface area contributed by atoms with Gasteiger partial charge in [-0.1, -0.05) is 0 Å². The number of carbonyl (C=O) groups excluding carboxylic acids is 1. The standard InChI is InChI=1S/C8H9NO2S/c1-5-2-8(12-4-5)11-7-3-6(10)9-7/h2,4,7H,3H2,1H3,(H,9,10). The van der Waals surface area contributed by atoms with Gasteiger partial charge in [0.1, 0.15) is 0 Å². The number of carbonyl (C=O) groups is 1. The van der Waals surface area contributed by atoms with Gasteiger partial charge in [0, 0.05) is 0 Å². The van der Waals surface area contributed by atoms with E-state index in [4.69, 9.17) is 4.74 Å². The normalized spacial score (nSPS) is 21.4. The first-order chi connectivity index (χ1) is 5.74. The van der Waals surface area contributed by atoms with Gasteiger partial charge in [0.15, 0.2) is 11.3 Å². The Bertz CT molecular complexity index is 300. The third-order valence-corrected chi connectivity index (χ3v) is 2.59. The Balaban J connectivity index is 1.92. The molecule has 0 bridgehead atoms. The molecular formula is C8H9NO2S. The molecular weight excluding hydrogens is 174 g/mol. The summed E-state index contributed by atoms with van der Waals surface area (Å²) in [4.78, 5) is 10.5. The van der Waals surface area contributed by atoms with Gasteiger partial charge < -0.3 is 10.1 Å². The minimum atomic E-state index is -0.101. The van der Waals surface area contributed by atoms with Crippen LogP contribution in [0.2, 0.25) is 0 Å². The Morgan fingerprint density at radius 3 is 3.00 bits per heavy atom. The maximum Gasteiger partial charge on any atom is 0.228 e. The molecule has 1 aliphatic rings. The number of ether oxygens (including phenoxy) is 1. The van der Waals surface area contributed by atoms with Crippen molar-refractivity contribution >= 4 is 17.2 Å². The lowest BCUT2D eigenvalue weighted by molar-refractivity contribution is -0.134. The molecule has 1 unspecified atom stereocenters. The molecule has 1 fully saturated rings. The first kappa shape index (κ1) is 7.61. The first-order valence-electron chi connectivity index (χ1n) is 3.75. The Morgan fingerprint density at radius 1 is 1.75 bits per heavy atom. The molecule has 1 N–H and O–H groups in total. The average Bonchev–Trinajstić information content (AvgIpc) is 2.33.